The maximum absolute atomic E-state index is 4.10. The second kappa shape index (κ2) is 2.32. The Balaban J connectivity index is 2.16. The highest BCUT2D eigenvalue weighted by molar-refractivity contribution is 5.07. The molecule has 3 nitrogen and oxygen atoms in total. The van der Waals surface area contributed by atoms with Gasteiger partial charge in [-0.3, -0.25) is 4.68 Å². The van der Waals surface area contributed by atoms with Crippen molar-refractivity contribution >= 4 is 0 Å². The average Bonchev–Trinajstić information content (AvgIpc) is 2.33. The summed E-state index contributed by atoms with van der Waals surface area (Å²) >= 11 is 0. The summed E-state index contributed by atoms with van der Waals surface area (Å²) in [6.07, 6.45) is 4.67. The fraction of sp³-hybridized carbons (Fsp3) is 0.750. The lowest BCUT2D eigenvalue weighted by Gasteiger charge is -2.31. The Hall–Kier alpha value is -0.860. The van der Waals surface area contributed by atoms with Crippen molar-refractivity contribution < 1.29 is 0 Å². The molecule has 0 amide bonds. The number of rotatable bonds is 1. The van der Waals surface area contributed by atoms with Crippen LogP contribution in [0, 0.1) is 5.92 Å². The highest BCUT2D eigenvalue weighted by atomic mass is 15.4. The van der Waals surface area contributed by atoms with Crippen LogP contribution in [0.5, 0.6) is 0 Å². The SMILES string of the molecule is CC1CCC1c1cn(C)nn1. The van der Waals surface area contributed by atoms with Gasteiger partial charge in [-0.1, -0.05) is 12.1 Å². The number of nitrogens with zero attached hydrogens (tertiary/aromatic N) is 3. The molecule has 2 unspecified atom stereocenters. The van der Waals surface area contributed by atoms with Crippen LogP contribution in [0.3, 0.4) is 0 Å². The zero-order valence-corrected chi connectivity index (χ0v) is 6.99. The molecule has 1 saturated carbocycles. The van der Waals surface area contributed by atoms with E-state index in [-0.39, 0.29) is 0 Å². The molecule has 1 heterocycles. The van der Waals surface area contributed by atoms with Crippen molar-refractivity contribution in [2.24, 2.45) is 13.0 Å². The monoisotopic (exact) mass is 151 g/mol. The normalized spacial score (nSPS) is 30.0. The Kier molecular flexibility index (Phi) is 1.44. The molecule has 1 aromatic rings. The summed E-state index contributed by atoms with van der Waals surface area (Å²) in [5, 5.41) is 8.02. The van der Waals surface area contributed by atoms with Crippen LogP contribution in [0.1, 0.15) is 31.4 Å². The highest BCUT2D eigenvalue weighted by Crippen LogP contribution is 2.40. The molecule has 0 spiro atoms. The van der Waals surface area contributed by atoms with Crippen molar-refractivity contribution in [1.29, 1.82) is 0 Å². The van der Waals surface area contributed by atoms with Gasteiger partial charge in [-0.05, 0) is 18.8 Å². The van der Waals surface area contributed by atoms with Crippen LogP contribution >= 0.6 is 0 Å². The summed E-state index contributed by atoms with van der Waals surface area (Å²) < 4.78 is 1.78. The van der Waals surface area contributed by atoms with Crippen LogP contribution in [0.25, 0.3) is 0 Å². The first-order chi connectivity index (χ1) is 5.27. The van der Waals surface area contributed by atoms with E-state index in [1.807, 2.05) is 13.2 Å². The fourth-order valence-electron chi connectivity index (χ4n) is 1.64. The summed E-state index contributed by atoms with van der Waals surface area (Å²) in [6.45, 7) is 2.28. The molecule has 60 valence electrons. The lowest BCUT2D eigenvalue weighted by Crippen LogP contribution is -2.20. The van der Waals surface area contributed by atoms with Crippen molar-refractivity contribution in [2.75, 3.05) is 0 Å². The number of hydrogen-bond acceptors (Lipinski definition) is 2. The number of aromatic nitrogens is 3. The third-order valence-corrected chi connectivity index (χ3v) is 2.62. The summed E-state index contributed by atoms with van der Waals surface area (Å²) in [5.74, 6) is 1.50. The largest absolute Gasteiger partial charge is 0.255 e. The first kappa shape index (κ1) is 6.83. The molecule has 2 rings (SSSR count). The summed E-state index contributed by atoms with van der Waals surface area (Å²) in [4.78, 5) is 0. The van der Waals surface area contributed by atoms with Gasteiger partial charge in [0.25, 0.3) is 0 Å². The van der Waals surface area contributed by atoms with E-state index in [1.54, 1.807) is 4.68 Å². The predicted molar refractivity (Wildman–Crippen MR) is 42.1 cm³/mol. The highest BCUT2D eigenvalue weighted by Gasteiger charge is 2.30. The van der Waals surface area contributed by atoms with Gasteiger partial charge < -0.3 is 0 Å². The molecule has 0 N–H and O–H groups in total. The Labute approximate surface area is 66.4 Å². The molecule has 1 fully saturated rings. The van der Waals surface area contributed by atoms with E-state index in [2.05, 4.69) is 17.2 Å². The van der Waals surface area contributed by atoms with E-state index in [0.717, 1.165) is 5.92 Å². The van der Waals surface area contributed by atoms with E-state index in [4.69, 9.17) is 0 Å². The van der Waals surface area contributed by atoms with Crippen molar-refractivity contribution in [2.45, 2.75) is 25.7 Å². The third kappa shape index (κ3) is 1.04. The standard InChI is InChI=1S/C8H13N3/c1-6-3-4-7(6)8-5-11(2)10-9-8/h5-7H,3-4H2,1-2H3. The molecular weight excluding hydrogens is 138 g/mol. The Morgan fingerprint density at radius 1 is 1.55 bits per heavy atom. The molecule has 0 aromatic carbocycles. The second-order valence-electron chi connectivity index (χ2n) is 3.48. The topological polar surface area (TPSA) is 30.7 Å². The van der Waals surface area contributed by atoms with Crippen molar-refractivity contribution in [1.82, 2.24) is 15.0 Å². The molecule has 0 aliphatic heterocycles. The zero-order chi connectivity index (χ0) is 7.84. The third-order valence-electron chi connectivity index (χ3n) is 2.62. The number of hydrogen-bond donors (Lipinski definition) is 0. The molecule has 0 radical (unpaired) electrons. The van der Waals surface area contributed by atoms with Crippen LogP contribution < -0.4 is 0 Å². The lowest BCUT2D eigenvalue weighted by molar-refractivity contribution is 0.274. The molecule has 2 atom stereocenters. The van der Waals surface area contributed by atoms with Crippen molar-refractivity contribution in [3.63, 3.8) is 0 Å². The van der Waals surface area contributed by atoms with E-state index < -0.39 is 0 Å². The molecule has 0 bridgehead atoms. The Morgan fingerprint density at radius 2 is 2.36 bits per heavy atom. The van der Waals surface area contributed by atoms with Crippen LogP contribution in [-0.4, -0.2) is 15.0 Å². The lowest BCUT2D eigenvalue weighted by atomic mass is 9.73. The molecule has 1 aliphatic carbocycles. The Bertz CT molecular complexity index is 254. The average molecular weight is 151 g/mol. The minimum atomic E-state index is 0.684. The molecule has 11 heavy (non-hydrogen) atoms. The van der Waals surface area contributed by atoms with Gasteiger partial charge >= 0.3 is 0 Å². The van der Waals surface area contributed by atoms with Gasteiger partial charge in [0.05, 0.1) is 5.69 Å². The molecular formula is C8H13N3. The quantitative estimate of drug-likeness (QED) is 0.606. The van der Waals surface area contributed by atoms with Crippen molar-refractivity contribution in [3.8, 4) is 0 Å². The summed E-state index contributed by atoms with van der Waals surface area (Å²) in [7, 11) is 1.92. The summed E-state index contributed by atoms with van der Waals surface area (Å²) in [5.41, 5.74) is 1.17. The minimum absolute atomic E-state index is 0.684. The maximum atomic E-state index is 4.10. The van der Waals surface area contributed by atoms with E-state index in [0.29, 0.717) is 5.92 Å². The molecule has 3 heteroatoms. The van der Waals surface area contributed by atoms with E-state index in [9.17, 15) is 0 Å². The van der Waals surface area contributed by atoms with E-state index >= 15 is 0 Å². The Morgan fingerprint density at radius 3 is 2.73 bits per heavy atom. The van der Waals surface area contributed by atoms with Gasteiger partial charge in [0, 0.05) is 19.2 Å². The first-order valence-corrected chi connectivity index (χ1v) is 4.13. The van der Waals surface area contributed by atoms with Crippen LogP contribution in [0.4, 0.5) is 0 Å². The number of aryl methyl sites for hydroxylation is 1. The van der Waals surface area contributed by atoms with Gasteiger partial charge in [-0.15, -0.1) is 5.10 Å². The zero-order valence-electron chi connectivity index (χ0n) is 6.99. The molecule has 1 aliphatic rings. The molecule has 0 saturated heterocycles. The summed E-state index contributed by atoms with van der Waals surface area (Å²) in [6, 6.07) is 0. The van der Waals surface area contributed by atoms with E-state index in [1.165, 1.54) is 18.5 Å². The van der Waals surface area contributed by atoms with Gasteiger partial charge in [0.1, 0.15) is 0 Å². The van der Waals surface area contributed by atoms with Crippen LogP contribution in [0.15, 0.2) is 6.20 Å². The second-order valence-corrected chi connectivity index (χ2v) is 3.48. The van der Waals surface area contributed by atoms with Gasteiger partial charge in [0.2, 0.25) is 0 Å². The van der Waals surface area contributed by atoms with Gasteiger partial charge in [-0.25, -0.2) is 0 Å². The fourth-order valence-corrected chi connectivity index (χ4v) is 1.64. The first-order valence-electron chi connectivity index (χ1n) is 4.13. The molecule has 1 aromatic heterocycles. The van der Waals surface area contributed by atoms with Gasteiger partial charge in [0.15, 0.2) is 0 Å². The smallest absolute Gasteiger partial charge is 0.0860 e. The minimum Gasteiger partial charge on any atom is -0.255 e. The van der Waals surface area contributed by atoms with Crippen LogP contribution in [0.2, 0.25) is 0 Å². The maximum Gasteiger partial charge on any atom is 0.0860 e. The van der Waals surface area contributed by atoms with Crippen LogP contribution in [-0.2, 0) is 7.05 Å². The van der Waals surface area contributed by atoms with Crippen molar-refractivity contribution in [3.05, 3.63) is 11.9 Å². The predicted octanol–water partition coefficient (Wildman–Crippen LogP) is 1.33. The van der Waals surface area contributed by atoms with Gasteiger partial charge in [-0.2, -0.15) is 0 Å².